The zero-order valence-electron chi connectivity index (χ0n) is 72.9. The van der Waals surface area contributed by atoms with Crippen molar-refractivity contribution in [2.45, 2.75) is 411 Å². The molecule has 0 aromatic carbocycles. The smallest absolute Gasteiger partial charge is 0.463 e. The molecule has 0 saturated heterocycles. The van der Waals surface area contributed by atoms with E-state index in [0.717, 1.165) is 154 Å². The second-order valence-electron chi connectivity index (χ2n) is 30.7. The number of hydrogen-bond donors (Lipinski definition) is 4. The third kappa shape index (κ3) is 90.0. The molecular weight excluding hydrogens is 1480 g/mol. The first-order chi connectivity index (χ1) is 56.2. The highest BCUT2D eigenvalue weighted by Crippen LogP contribution is 2.45. The van der Waals surface area contributed by atoms with Crippen LogP contribution in [0, 0.1) is 0 Å². The zero-order valence-corrected chi connectivity index (χ0v) is 74.7. The van der Waals surface area contributed by atoms with E-state index in [-0.39, 0.29) is 19.3 Å². The van der Waals surface area contributed by atoms with E-state index in [1.807, 2.05) is 0 Å². The van der Waals surface area contributed by atoms with Crippen LogP contribution in [0.25, 0.3) is 0 Å². The second-order valence-corrected chi connectivity index (χ2v) is 33.6. The average molecular weight is 1650 g/mol. The molecule has 0 aromatic heterocycles. The summed E-state index contributed by atoms with van der Waals surface area (Å²) >= 11 is 0. The Labute approximate surface area is 702 Å². The Morgan fingerprint density at radius 2 is 0.461 bits per heavy atom. The number of esters is 3. The molecule has 662 valence electrons. The van der Waals surface area contributed by atoms with Crippen LogP contribution in [-0.2, 0) is 55.8 Å². The van der Waals surface area contributed by atoms with Crippen molar-refractivity contribution < 1.29 is 75.8 Å². The number of unbranched alkanes of at least 4 members (excludes halogenated alkanes) is 40. The van der Waals surface area contributed by atoms with Gasteiger partial charge in [-0.2, -0.15) is 0 Å². The predicted octanol–water partition coefficient (Wildman–Crippen LogP) is 28.3. The Balaban J connectivity index is 4.31. The number of allylic oxidation sites excluding steroid dienone is 24. The fourth-order valence-electron chi connectivity index (χ4n) is 12.6. The van der Waals surface area contributed by atoms with Gasteiger partial charge in [-0.1, -0.05) is 385 Å². The maximum absolute atomic E-state index is 13.0. The minimum absolute atomic E-state index is 0.0938. The molecule has 0 amide bonds. The van der Waals surface area contributed by atoms with Gasteiger partial charge in [-0.15, -0.1) is 0 Å². The topological polar surface area (TPSA) is 231 Å². The molecule has 0 aliphatic heterocycles. The Bertz CT molecular complexity index is 2670. The molecule has 5 atom stereocenters. The number of phosphoric ester groups is 2. The first-order valence-electron chi connectivity index (χ1n) is 46.1. The van der Waals surface area contributed by atoms with E-state index in [0.29, 0.717) is 19.3 Å². The van der Waals surface area contributed by atoms with Crippen LogP contribution in [0.15, 0.2) is 146 Å². The molecule has 0 fully saturated rings. The molecule has 0 bridgehead atoms. The molecule has 0 aliphatic carbocycles. The van der Waals surface area contributed by atoms with Crippen LogP contribution in [-0.4, -0.2) is 95.9 Å². The lowest BCUT2D eigenvalue weighted by molar-refractivity contribution is -0.161. The summed E-state index contributed by atoms with van der Waals surface area (Å²) in [6.45, 7) is 2.45. The number of phosphoric acid groups is 2. The lowest BCUT2D eigenvalue weighted by atomic mass is 10.0. The van der Waals surface area contributed by atoms with Crippen molar-refractivity contribution in [3.8, 4) is 0 Å². The van der Waals surface area contributed by atoms with Crippen LogP contribution in [0.1, 0.15) is 393 Å². The van der Waals surface area contributed by atoms with Gasteiger partial charge < -0.3 is 34.2 Å². The Morgan fingerprint density at radius 3 is 0.739 bits per heavy atom. The number of ether oxygens (including phenoxy) is 3. The molecule has 0 rings (SSSR count). The third-order valence-corrected chi connectivity index (χ3v) is 21.4. The van der Waals surface area contributed by atoms with Gasteiger partial charge in [-0.25, -0.2) is 9.13 Å². The lowest BCUT2D eigenvalue weighted by Gasteiger charge is -2.21. The van der Waals surface area contributed by atoms with E-state index < -0.39 is 91.5 Å². The molecular formula is C97H168O16P2. The minimum Gasteiger partial charge on any atom is -0.463 e. The van der Waals surface area contributed by atoms with Crippen LogP contribution in [0.2, 0.25) is 0 Å². The van der Waals surface area contributed by atoms with Crippen LogP contribution < -0.4 is 0 Å². The largest absolute Gasteiger partial charge is 0.472 e. The first kappa shape index (κ1) is 110. The predicted molar refractivity (Wildman–Crippen MR) is 482 cm³/mol. The van der Waals surface area contributed by atoms with Gasteiger partial charge >= 0.3 is 33.6 Å². The molecule has 5 unspecified atom stereocenters. The highest BCUT2D eigenvalue weighted by Gasteiger charge is 2.29. The summed E-state index contributed by atoms with van der Waals surface area (Å²) in [6.07, 6.45) is 112. The van der Waals surface area contributed by atoms with E-state index in [2.05, 4.69) is 167 Å². The van der Waals surface area contributed by atoms with Gasteiger partial charge in [0.15, 0.2) is 6.10 Å². The molecule has 4 N–H and O–H groups in total. The standard InChI is InChI=1S/C97H168O16P2/c1-4-7-10-13-16-19-22-24-26-28-30-32-34-36-38-40-42-44-45-47-49-50-52-54-56-58-60-62-64-66-69-71-74-77-80-83-95(100)107-86-92(98)87-109-114(103,104)110-88-93(99)89-111-115(105,106)112-91-94(113-97(102)85-82-79-76-73-68-21-18-15-12-9-6-3)90-108-96(101)84-81-78-75-72-70-67-65-63-61-59-57-55-53-51-48-46-43-41-39-37-35-33-31-29-27-25-23-20-17-14-11-8-5-2/h7-8,10-11,15-20,24-27,30-33,36-39,43,46,92-94,98-99H,4-6,9,12-14,21-23,28-29,34-35,40-42,44-45,47-91H2,1-3H3,(H,103,104)(H,105,106)/b10-7-,11-8-,18-15-,19-16-,20-17-,26-24-,27-25-,32-30-,33-31-,38-36-,39-37-,46-43-. The van der Waals surface area contributed by atoms with Crippen molar-refractivity contribution in [3.63, 3.8) is 0 Å². The Kier molecular flexibility index (Phi) is 85.2. The van der Waals surface area contributed by atoms with Crippen molar-refractivity contribution in [1.82, 2.24) is 0 Å². The molecule has 16 nitrogen and oxygen atoms in total. The van der Waals surface area contributed by atoms with Crippen LogP contribution >= 0.6 is 15.6 Å². The van der Waals surface area contributed by atoms with Gasteiger partial charge in [0.25, 0.3) is 0 Å². The summed E-state index contributed by atoms with van der Waals surface area (Å²) in [5.41, 5.74) is 0. The molecule has 0 saturated carbocycles. The number of carbonyl (C=O) groups is 3. The third-order valence-electron chi connectivity index (χ3n) is 19.5. The fourth-order valence-corrected chi connectivity index (χ4v) is 14.2. The van der Waals surface area contributed by atoms with Gasteiger partial charge in [-0.05, 0) is 135 Å². The zero-order chi connectivity index (χ0) is 83.6. The summed E-state index contributed by atoms with van der Waals surface area (Å²) in [6, 6.07) is 0. The maximum atomic E-state index is 13.0. The summed E-state index contributed by atoms with van der Waals surface area (Å²) in [7, 11) is -9.79. The summed E-state index contributed by atoms with van der Waals surface area (Å²) in [5, 5.41) is 20.7. The van der Waals surface area contributed by atoms with Gasteiger partial charge in [0, 0.05) is 19.3 Å². The molecule has 0 aliphatic rings. The molecule has 0 radical (unpaired) electrons. The van der Waals surface area contributed by atoms with Crippen LogP contribution in [0.5, 0.6) is 0 Å². The second kappa shape index (κ2) is 88.7. The summed E-state index contributed by atoms with van der Waals surface area (Å²) in [4.78, 5) is 58.8. The number of rotatable bonds is 87. The lowest BCUT2D eigenvalue weighted by Crippen LogP contribution is -2.30. The minimum atomic E-state index is -4.93. The highest BCUT2D eigenvalue weighted by molar-refractivity contribution is 7.47. The van der Waals surface area contributed by atoms with Crippen molar-refractivity contribution in [2.75, 3.05) is 39.6 Å². The van der Waals surface area contributed by atoms with E-state index in [1.165, 1.54) is 180 Å². The number of carbonyl (C=O) groups excluding carboxylic acids is 3. The van der Waals surface area contributed by atoms with Crippen LogP contribution in [0.3, 0.4) is 0 Å². The van der Waals surface area contributed by atoms with Gasteiger partial charge in [0.1, 0.15) is 25.4 Å². The van der Waals surface area contributed by atoms with Crippen molar-refractivity contribution in [1.29, 1.82) is 0 Å². The van der Waals surface area contributed by atoms with Crippen molar-refractivity contribution >= 4 is 33.6 Å². The number of aliphatic hydroxyl groups is 2. The van der Waals surface area contributed by atoms with E-state index >= 15 is 0 Å². The SMILES string of the molecule is CC/C=C\C/C=C\C/C=C\C/C=C\C/C=C\C/C=C\CCCCCCCCCCCCCCCCC(=O)OCC(COP(=O)(O)OCC(O)COP(=O)(O)OCC(O)COC(=O)CCCCCCCCCCCCCCCCCCCCC/C=C\C/C=C\C/C=C\C/C=C\C/C=C\CC)OC(=O)CCCCCCC/C=C\CCCC. The summed E-state index contributed by atoms with van der Waals surface area (Å²) in [5.74, 6) is -1.57. The molecule has 0 spiro atoms. The first-order valence-corrected chi connectivity index (χ1v) is 49.1. The average Bonchev–Trinajstić information content (AvgIpc) is 0.899. The molecule has 18 heteroatoms. The summed E-state index contributed by atoms with van der Waals surface area (Å²) < 4.78 is 61.3. The molecule has 115 heavy (non-hydrogen) atoms. The fraction of sp³-hybridized carbons (Fsp3) is 0.722. The maximum Gasteiger partial charge on any atom is 0.472 e. The van der Waals surface area contributed by atoms with E-state index in [1.54, 1.807) is 0 Å². The quantitative estimate of drug-likeness (QED) is 0.0146. The number of aliphatic hydroxyl groups excluding tert-OH is 2. The number of hydrogen-bond acceptors (Lipinski definition) is 14. The van der Waals surface area contributed by atoms with Crippen molar-refractivity contribution in [3.05, 3.63) is 146 Å². The van der Waals surface area contributed by atoms with Crippen molar-refractivity contribution in [2.24, 2.45) is 0 Å². The Morgan fingerprint density at radius 1 is 0.252 bits per heavy atom. The molecule has 0 heterocycles. The van der Waals surface area contributed by atoms with Crippen LogP contribution in [0.4, 0.5) is 0 Å². The Hall–Kier alpha value is -4.57. The molecule has 0 aromatic rings. The van der Waals surface area contributed by atoms with E-state index in [4.69, 9.17) is 32.3 Å². The highest BCUT2D eigenvalue weighted by atomic mass is 31.2. The van der Waals surface area contributed by atoms with Gasteiger partial charge in [0.05, 0.1) is 26.4 Å². The van der Waals surface area contributed by atoms with Gasteiger partial charge in [0.2, 0.25) is 0 Å². The van der Waals surface area contributed by atoms with Gasteiger partial charge in [-0.3, -0.25) is 32.5 Å². The monoisotopic (exact) mass is 1650 g/mol. The normalized spacial score (nSPS) is 14.5. The van der Waals surface area contributed by atoms with E-state index in [9.17, 15) is 43.5 Å².